The lowest BCUT2D eigenvalue weighted by Gasteiger charge is -2.15. The summed E-state index contributed by atoms with van der Waals surface area (Å²) < 4.78 is 5.63. The highest BCUT2D eigenvalue weighted by Gasteiger charge is 2.22. The van der Waals surface area contributed by atoms with Crippen LogP contribution in [0, 0.1) is 0 Å². The van der Waals surface area contributed by atoms with Gasteiger partial charge >= 0.3 is 5.97 Å². The number of hydrogen-bond acceptors (Lipinski definition) is 5. The summed E-state index contributed by atoms with van der Waals surface area (Å²) in [6.07, 6.45) is 2.85. The Balaban J connectivity index is 2.04. The molecule has 1 amide bonds. The highest BCUT2D eigenvalue weighted by atomic mass is 79.9. The summed E-state index contributed by atoms with van der Waals surface area (Å²) >= 11 is 4.77. The second-order valence-electron chi connectivity index (χ2n) is 4.60. The van der Waals surface area contributed by atoms with Crippen LogP contribution in [0.2, 0.25) is 0 Å². The standard InChI is InChI=1S/C13H17BrN2O3S/c1-19-13(18)11-8(9(14)7-20-11)6-16-10-4-2-3-5-15-12(10)17/h7,10,16H,2-6H2,1H3,(H,15,17). The third kappa shape index (κ3) is 3.59. The Hall–Kier alpha value is -0.920. The van der Waals surface area contributed by atoms with Crippen molar-refractivity contribution in [1.29, 1.82) is 0 Å². The van der Waals surface area contributed by atoms with E-state index in [1.165, 1.54) is 18.4 Å². The number of esters is 1. The Kier molecular flexibility index (Phi) is 5.56. The van der Waals surface area contributed by atoms with Gasteiger partial charge in [0.25, 0.3) is 0 Å². The van der Waals surface area contributed by atoms with E-state index in [1.807, 2.05) is 5.38 Å². The lowest BCUT2D eigenvalue weighted by Crippen LogP contribution is -2.42. The molecule has 1 aromatic rings. The molecule has 0 radical (unpaired) electrons. The molecule has 5 nitrogen and oxygen atoms in total. The van der Waals surface area contributed by atoms with E-state index in [-0.39, 0.29) is 17.9 Å². The minimum Gasteiger partial charge on any atom is -0.465 e. The summed E-state index contributed by atoms with van der Waals surface area (Å²) in [4.78, 5) is 24.1. The van der Waals surface area contributed by atoms with Gasteiger partial charge in [-0.25, -0.2) is 4.79 Å². The second kappa shape index (κ2) is 7.19. The molecule has 1 aromatic heterocycles. The summed E-state index contributed by atoms with van der Waals surface area (Å²) in [7, 11) is 1.37. The first-order valence-corrected chi connectivity index (χ1v) is 8.16. The van der Waals surface area contributed by atoms with Crippen molar-refractivity contribution < 1.29 is 14.3 Å². The van der Waals surface area contributed by atoms with Gasteiger partial charge in [0.2, 0.25) is 5.91 Å². The lowest BCUT2D eigenvalue weighted by molar-refractivity contribution is -0.122. The molecule has 20 heavy (non-hydrogen) atoms. The molecule has 0 aliphatic carbocycles. The van der Waals surface area contributed by atoms with E-state index in [2.05, 4.69) is 26.6 Å². The van der Waals surface area contributed by atoms with Crippen LogP contribution in [0.1, 0.15) is 34.5 Å². The molecule has 1 unspecified atom stereocenters. The zero-order valence-electron chi connectivity index (χ0n) is 11.2. The largest absolute Gasteiger partial charge is 0.465 e. The monoisotopic (exact) mass is 360 g/mol. The molecular formula is C13H17BrN2O3S. The van der Waals surface area contributed by atoms with Crippen LogP contribution in [0.3, 0.4) is 0 Å². The van der Waals surface area contributed by atoms with Gasteiger partial charge in [0.05, 0.1) is 13.2 Å². The number of halogens is 1. The predicted molar refractivity (Wildman–Crippen MR) is 80.8 cm³/mol. The SMILES string of the molecule is COC(=O)c1scc(Br)c1CNC1CCCCNC1=O. The molecule has 1 fully saturated rings. The Bertz CT molecular complexity index is 504. The van der Waals surface area contributed by atoms with Crippen LogP contribution in [0.15, 0.2) is 9.85 Å². The summed E-state index contributed by atoms with van der Waals surface area (Å²) in [5, 5.41) is 7.97. The summed E-state index contributed by atoms with van der Waals surface area (Å²) in [5.74, 6) is -0.309. The van der Waals surface area contributed by atoms with Crippen molar-refractivity contribution >= 4 is 39.1 Å². The lowest BCUT2D eigenvalue weighted by atomic mass is 10.1. The van der Waals surface area contributed by atoms with Gasteiger partial charge in [0.1, 0.15) is 4.88 Å². The highest BCUT2D eigenvalue weighted by molar-refractivity contribution is 9.10. The van der Waals surface area contributed by atoms with Crippen molar-refractivity contribution in [3.63, 3.8) is 0 Å². The molecule has 0 aromatic carbocycles. The zero-order chi connectivity index (χ0) is 14.5. The number of ether oxygens (including phenoxy) is 1. The highest BCUT2D eigenvalue weighted by Crippen LogP contribution is 2.28. The van der Waals surface area contributed by atoms with E-state index in [0.717, 1.165) is 35.8 Å². The number of methoxy groups -OCH3 is 1. The molecule has 7 heteroatoms. The number of carbonyl (C=O) groups excluding carboxylic acids is 2. The van der Waals surface area contributed by atoms with Gasteiger partial charge in [0.15, 0.2) is 0 Å². The molecule has 2 heterocycles. The summed E-state index contributed by atoms with van der Waals surface area (Å²) in [6.45, 7) is 1.21. The van der Waals surface area contributed by atoms with Gasteiger partial charge in [-0.1, -0.05) is 0 Å². The third-order valence-corrected chi connectivity index (χ3v) is 5.29. The first kappa shape index (κ1) is 15.5. The number of thiophene rings is 1. The van der Waals surface area contributed by atoms with Crippen LogP contribution < -0.4 is 10.6 Å². The van der Waals surface area contributed by atoms with E-state index in [0.29, 0.717) is 11.4 Å². The van der Waals surface area contributed by atoms with Crippen molar-refractivity contribution in [1.82, 2.24) is 10.6 Å². The number of nitrogens with one attached hydrogen (secondary N) is 2. The first-order valence-electron chi connectivity index (χ1n) is 6.48. The summed E-state index contributed by atoms with van der Waals surface area (Å²) in [5.41, 5.74) is 0.846. The fourth-order valence-electron chi connectivity index (χ4n) is 2.15. The van der Waals surface area contributed by atoms with Crippen LogP contribution >= 0.6 is 27.3 Å². The van der Waals surface area contributed by atoms with E-state index >= 15 is 0 Å². The topological polar surface area (TPSA) is 67.4 Å². The van der Waals surface area contributed by atoms with Crippen molar-refractivity contribution in [3.05, 3.63) is 20.3 Å². The number of amides is 1. The average Bonchev–Trinajstić information content (AvgIpc) is 2.68. The molecule has 2 N–H and O–H groups in total. The number of rotatable bonds is 4. The van der Waals surface area contributed by atoms with E-state index in [1.54, 1.807) is 0 Å². The summed E-state index contributed by atoms with van der Waals surface area (Å²) in [6, 6.07) is -0.199. The van der Waals surface area contributed by atoms with Crippen molar-refractivity contribution in [3.8, 4) is 0 Å². The number of hydrogen-bond donors (Lipinski definition) is 2. The second-order valence-corrected chi connectivity index (χ2v) is 6.34. The number of carbonyl (C=O) groups is 2. The third-order valence-electron chi connectivity index (χ3n) is 3.27. The van der Waals surface area contributed by atoms with Crippen molar-refractivity contribution in [2.24, 2.45) is 0 Å². The van der Waals surface area contributed by atoms with Crippen LogP contribution in [-0.2, 0) is 16.1 Å². The average molecular weight is 361 g/mol. The molecule has 0 saturated carbocycles. The fraction of sp³-hybridized carbons (Fsp3) is 0.538. The smallest absolute Gasteiger partial charge is 0.348 e. The van der Waals surface area contributed by atoms with Gasteiger partial charge in [-0.05, 0) is 35.2 Å². The Morgan fingerprint density at radius 2 is 2.40 bits per heavy atom. The molecule has 1 aliphatic rings. The van der Waals surface area contributed by atoms with E-state index < -0.39 is 0 Å². The van der Waals surface area contributed by atoms with Crippen LogP contribution in [-0.4, -0.2) is 31.6 Å². The zero-order valence-corrected chi connectivity index (χ0v) is 13.6. The van der Waals surface area contributed by atoms with Gasteiger partial charge in [-0.3, -0.25) is 4.79 Å². The molecule has 0 spiro atoms. The first-order chi connectivity index (χ1) is 9.63. The van der Waals surface area contributed by atoms with Crippen molar-refractivity contribution in [2.75, 3.05) is 13.7 Å². The molecule has 110 valence electrons. The maximum atomic E-state index is 11.9. The Labute approximate surface area is 130 Å². The van der Waals surface area contributed by atoms with Gasteiger partial charge in [-0.15, -0.1) is 11.3 Å². The minimum atomic E-state index is -0.345. The molecular weight excluding hydrogens is 344 g/mol. The molecule has 1 saturated heterocycles. The fourth-order valence-corrected chi connectivity index (χ4v) is 3.77. The minimum absolute atomic E-state index is 0.0356. The maximum Gasteiger partial charge on any atom is 0.348 e. The van der Waals surface area contributed by atoms with Gasteiger partial charge in [0, 0.05) is 28.5 Å². The van der Waals surface area contributed by atoms with Crippen LogP contribution in [0.5, 0.6) is 0 Å². The van der Waals surface area contributed by atoms with E-state index in [4.69, 9.17) is 4.74 Å². The van der Waals surface area contributed by atoms with E-state index in [9.17, 15) is 9.59 Å². The Morgan fingerprint density at radius 1 is 1.60 bits per heavy atom. The molecule has 2 rings (SSSR count). The van der Waals surface area contributed by atoms with Gasteiger partial charge in [-0.2, -0.15) is 0 Å². The van der Waals surface area contributed by atoms with Crippen LogP contribution in [0.4, 0.5) is 0 Å². The maximum absolute atomic E-state index is 11.9. The predicted octanol–water partition coefficient (Wildman–Crippen LogP) is 2.06. The van der Waals surface area contributed by atoms with Crippen LogP contribution in [0.25, 0.3) is 0 Å². The molecule has 1 aliphatic heterocycles. The molecule has 1 atom stereocenters. The molecule has 0 bridgehead atoms. The van der Waals surface area contributed by atoms with Crippen molar-refractivity contribution in [2.45, 2.75) is 31.8 Å². The van der Waals surface area contributed by atoms with Gasteiger partial charge < -0.3 is 15.4 Å². The quantitative estimate of drug-likeness (QED) is 0.806. The Morgan fingerprint density at radius 3 is 3.15 bits per heavy atom. The normalized spacial score (nSPS) is 19.3.